The zero-order valence-corrected chi connectivity index (χ0v) is 16.7. The van der Waals surface area contributed by atoms with E-state index in [1.807, 2.05) is 6.07 Å². The SMILES string of the molecule is COc1cc(C2CC(=O)Nc3c(C(=O)O)nsc32)ccc1OCc1ccc(F)cc1. The van der Waals surface area contributed by atoms with Crippen molar-refractivity contribution >= 4 is 29.1 Å². The molecule has 0 bridgehead atoms. The Bertz CT molecular complexity index is 1110. The van der Waals surface area contributed by atoms with Crippen LogP contribution in [0.4, 0.5) is 10.1 Å². The molecule has 0 saturated carbocycles. The Hall–Kier alpha value is -3.46. The maximum absolute atomic E-state index is 13.0. The number of fused-ring (bicyclic) bond motifs is 1. The molecule has 0 spiro atoms. The lowest BCUT2D eigenvalue weighted by Crippen LogP contribution is -2.23. The summed E-state index contributed by atoms with van der Waals surface area (Å²) < 4.78 is 28.3. The molecule has 1 aliphatic heterocycles. The van der Waals surface area contributed by atoms with Gasteiger partial charge in [0.1, 0.15) is 12.4 Å². The van der Waals surface area contributed by atoms with E-state index >= 15 is 0 Å². The number of amides is 1. The normalized spacial score (nSPS) is 15.3. The molecule has 4 rings (SSSR count). The van der Waals surface area contributed by atoms with Gasteiger partial charge in [-0.25, -0.2) is 9.18 Å². The van der Waals surface area contributed by atoms with Crippen molar-refractivity contribution in [3.8, 4) is 11.5 Å². The maximum Gasteiger partial charge on any atom is 0.357 e. The fourth-order valence-corrected chi connectivity index (χ4v) is 4.25. The highest BCUT2D eigenvalue weighted by atomic mass is 32.1. The first-order valence-electron chi connectivity index (χ1n) is 9.04. The lowest BCUT2D eigenvalue weighted by molar-refractivity contribution is -0.116. The molecule has 1 amide bonds. The third kappa shape index (κ3) is 3.84. The number of hydrogen-bond donors (Lipinski definition) is 2. The Morgan fingerprint density at radius 1 is 1.27 bits per heavy atom. The maximum atomic E-state index is 13.0. The molecule has 2 aromatic carbocycles. The molecule has 0 aliphatic carbocycles. The van der Waals surface area contributed by atoms with Crippen molar-refractivity contribution in [1.29, 1.82) is 0 Å². The number of benzene rings is 2. The lowest BCUT2D eigenvalue weighted by atomic mass is 9.90. The molecule has 1 aromatic heterocycles. The molecular formula is C21H17FN2O5S. The van der Waals surface area contributed by atoms with E-state index < -0.39 is 5.97 Å². The molecule has 3 aromatic rings. The first-order chi connectivity index (χ1) is 14.5. The largest absolute Gasteiger partial charge is 0.493 e. The second-order valence-electron chi connectivity index (χ2n) is 6.71. The van der Waals surface area contributed by atoms with Crippen LogP contribution in [0.5, 0.6) is 11.5 Å². The van der Waals surface area contributed by atoms with Crippen molar-refractivity contribution in [3.05, 3.63) is 70.0 Å². The molecule has 0 radical (unpaired) electrons. The zero-order valence-electron chi connectivity index (χ0n) is 15.8. The Morgan fingerprint density at radius 2 is 2.03 bits per heavy atom. The highest BCUT2D eigenvalue weighted by Gasteiger charge is 2.33. The van der Waals surface area contributed by atoms with E-state index in [-0.39, 0.29) is 42.1 Å². The topological polar surface area (TPSA) is 97.8 Å². The molecule has 7 nitrogen and oxygen atoms in total. The predicted molar refractivity (Wildman–Crippen MR) is 108 cm³/mol. The van der Waals surface area contributed by atoms with Crippen LogP contribution in [0.2, 0.25) is 0 Å². The molecule has 1 unspecified atom stereocenters. The molecule has 1 aliphatic rings. The molecule has 30 heavy (non-hydrogen) atoms. The van der Waals surface area contributed by atoms with E-state index in [9.17, 15) is 19.1 Å². The van der Waals surface area contributed by atoms with E-state index in [0.717, 1.165) is 22.7 Å². The Balaban J connectivity index is 1.61. The molecule has 154 valence electrons. The van der Waals surface area contributed by atoms with Crippen LogP contribution in [0.15, 0.2) is 42.5 Å². The van der Waals surface area contributed by atoms with Gasteiger partial charge in [-0.1, -0.05) is 18.2 Å². The van der Waals surface area contributed by atoms with Gasteiger partial charge in [0.05, 0.1) is 17.7 Å². The van der Waals surface area contributed by atoms with Gasteiger partial charge in [0.15, 0.2) is 17.2 Å². The summed E-state index contributed by atoms with van der Waals surface area (Å²) in [6, 6.07) is 11.3. The first kappa shape index (κ1) is 19.8. The van der Waals surface area contributed by atoms with Gasteiger partial charge in [-0.3, -0.25) is 4.79 Å². The second kappa shape index (κ2) is 8.11. The summed E-state index contributed by atoms with van der Waals surface area (Å²) in [4.78, 5) is 24.2. The Kier molecular flexibility index (Phi) is 5.37. The fraction of sp³-hybridized carbons (Fsp3) is 0.190. The van der Waals surface area contributed by atoms with Crippen LogP contribution in [-0.4, -0.2) is 28.5 Å². The van der Waals surface area contributed by atoms with Crippen LogP contribution in [0.1, 0.15) is 38.8 Å². The van der Waals surface area contributed by atoms with Gasteiger partial charge in [-0.05, 0) is 46.9 Å². The number of ether oxygens (including phenoxy) is 2. The Morgan fingerprint density at radius 3 is 2.73 bits per heavy atom. The van der Waals surface area contributed by atoms with Gasteiger partial charge in [0.2, 0.25) is 5.91 Å². The molecule has 0 fully saturated rings. The van der Waals surface area contributed by atoms with Crippen molar-refractivity contribution in [3.63, 3.8) is 0 Å². The standard InChI is InChI=1S/C21H17FN2O5S/c1-28-16-8-12(4-7-15(16)29-10-11-2-5-13(22)6-3-11)14-9-17(25)23-18-19(21(26)27)24-30-20(14)18/h2-8,14H,9-10H2,1H3,(H,23,25)(H,26,27). The molecular weight excluding hydrogens is 411 g/mol. The highest BCUT2D eigenvalue weighted by molar-refractivity contribution is 7.06. The van der Waals surface area contributed by atoms with E-state index in [0.29, 0.717) is 16.4 Å². The second-order valence-corrected chi connectivity index (χ2v) is 7.51. The summed E-state index contributed by atoms with van der Waals surface area (Å²) in [5.41, 5.74) is 1.70. The predicted octanol–water partition coefficient (Wildman–Crippen LogP) is 4.04. The number of carboxylic acids is 1. The third-order valence-electron chi connectivity index (χ3n) is 4.79. The van der Waals surface area contributed by atoms with Gasteiger partial charge in [0, 0.05) is 12.3 Å². The number of aromatic carboxylic acids is 1. The summed E-state index contributed by atoms with van der Waals surface area (Å²) in [5, 5.41) is 11.9. The van der Waals surface area contributed by atoms with E-state index in [1.165, 1.54) is 19.2 Å². The number of rotatable bonds is 6. The van der Waals surface area contributed by atoms with Crippen LogP contribution < -0.4 is 14.8 Å². The summed E-state index contributed by atoms with van der Waals surface area (Å²) in [6.07, 6.45) is 0.174. The number of methoxy groups -OCH3 is 1. The van der Waals surface area contributed by atoms with Crippen molar-refractivity contribution < 1.29 is 28.6 Å². The average Bonchev–Trinajstić information content (AvgIpc) is 3.16. The number of anilines is 1. The quantitative estimate of drug-likeness (QED) is 0.615. The molecule has 0 saturated heterocycles. The Labute approximate surface area is 175 Å². The van der Waals surface area contributed by atoms with Crippen LogP contribution in [0, 0.1) is 5.82 Å². The van der Waals surface area contributed by atoms with Crippen LogP contribution >= 0.6 is 11.5 Å². The highest BCUT2D eigenvalue weighted by Crippen LogP contribution is 2.43. The van der Waals surface area contributed by atoms with Crippen molar-refractivity contribution in [2.75, 3.05) is 12.4 Å². The molecule has 2 N–H and O–H groups in total. The van der Waals surface area contributed by atoms with Gasteiger partial charge < -0.3 is 19.9 Å². The number of hydrogen-bond acceptors (Lipinski definition) is 6. The smallest absolute Gasteiger partial charge is 0.357 e. The number of nitrogens with zero attached hydrogens (tertiary/aromatic N) is 1. The minimum atomic E-state index is -1.18. The third-order valence-corrected chi connectivity index (χ3v) is 5.75. The molecule has 2 heterocycles. The zero-order chi connectivity index (χ0) is 21.3. The molecule has 9 heteroatoms. The summed E-state index contributed by atoms with van der Waals surface area (Å²) >= 11 is 1.06. The lowest BCUT2D eigenvalue weighted by Gasteiger charge is -2.23. The van der Waals surface area contributed by atoms with Crippen molar-refractivity contribution in [1.82, 2.24) is 4.37 Å². The van der Waals surface area contributed by atoms with E-state index in [2.05, 4.69) is 9.69 Å². The summed E-state index contributed by atoms with van der Waals surface area (Å²) in [5.74, 6) is -1.13. The van der Waals surface area contributed by atoms with Gasteiger partial charge >= 0.3 is 5.97 Å². The van der Waals surface area contributed by atoms with Gasteiger partial charge in [-0.15, -0.1) is 0 Å². The summed E-state index contributed by atoms with van der Waals surface area (Å²) in [7, 11) is 1.51. The monoisotopic (exact) mass is 428 g/mol. The number of carboxylic acid groups (broad SMARTS) is 1. The van der Waals surface area contributed by atoms with Gasteiger partial charge in [0.25, 0.3) is 0 Å². The van der Waals surface area contributed by atoms with E-state index in [1.54, 1.807) is 24.3 Å². The number of carbonyl (C=O) groups is 2. The van der Waals surface area contributed by atoms with Crippen LogP contribution in [0.25, 0.3) is 0 Å². The van der Waals surface area contributed by atoms with Crippen LogP contribution in [0.3, 0.4) is 0 Å². The van der Waals surface area contributed by atoms with Crippen molar-refractivity contribution in [2.45, 2.75) is 18.9 Å². The number of halogens is 1. The van der Waals surface area contributed by atoms with Crippen molar-refractivity contribution in [2.24, 2.45) is 0 Å². The number of nitrogens with one attached hydrogen (secondary N) is 1. The fourth-order valence-electron chi connectivity index (χ4n) is 3.31. The molecule has 1 atom stereocenters. The summed E-state index contributed by atoms with van der Waals surface area (Å²) in [6.45, 7) is 0.239. The van der Waals surface area contributed by atoms with E-state index in [4.69, 9.17) is 9.47 Å². The van der Waals surface area contributed by atoms with Gasteiger partial charge in [-0.2, -0.15) is 4.37 Å². The average molecular weight is 428 g/mol. The first-order valence-corrected chi connectivity index (χ1v) is 9.81. The number of aromatic nitrogens is 1. The minimum Gasteiger partial charge on any atom is -0.493 e. The number of carbonyl (C=O) groups excluding carboxylic acids is 1. The minimum absolute atomic E-state index is 0.153. The van der Waals surface area contributed by atoms with Crippen LogP contribution in [-0.2, 0) is 11.4 Å².